The highest BCUT2D eigenvalue weighted by molar-refractivity contribution is 7.13. The number of thiazole rings is 1. The molecule has 1 aromatic heterocycles. The van der Waals surface area contributed by atoms with Crippen molar-refractivity contribution >= 4 is 34.8 Å². The zero-order valence-corrected chi connectivity index (χ0v) is 11.5. The summed E-state index contributed by atoms with van der Waals surface area (Å²) in [7, 11) is 0. The molecule has 0 aliphatic heterocycles. The fourth-order valence-electron chi connectivity index (χ4n) is 0.988. The van der Waals surface area contributed by atoms with Crippen LogP contribution in [-0.4, -0.2) is 16.9 Å². The van der Waals surface area contributed by atoms with Gasteiger partial charge in [0.15, 0.2) is 5.13 Å². The van der Waals surface area contributed by atoms with Crippen LogP contribution in [0.1, 0.15) is 26.5 Å². The van der Waals surface area contributed by atoms with Crippen molar-refractivity contribution in [2.75, 3.05) is 5.32 Å². The first kappa shape index (κ1) is 15.3. The zero-order chi connectivity index (χ0) is 11.6. The second-order valence-corrected chi connectivity index (χ2v) is 5.49. The van der Waals surface area contributed by atoms with Gasteiger partial charge >= 0.3 is 0 Å². The van der Waals surface area contributed by atoms with E-state index < -0.39 is 6.04 Å². The predicted octanol–water partition coefficient (Wildman–Crippen LogP) is 2.19. The van der Waals surface area contributed by atoms with Crippen LogP contribution < -0.4 is 11.1 Å². The quantitative estimate of drug-likeness (QED) is 0.859. The predicted molar refractivity (Wildman–Crippen MR) is 70.2 cm³/mol. The van der Waals surface area contributed by atoms with Crippen molar-refractivity contribution in [1.29, 1.82) is 0 Å². The Kier molecular flexibility index (Phi) is 5.38. The van der Waals surface area contributed by atoms with Gasteiger partial charge in [-0.05, 0) is 12.3 Å². The Labute approximate surface area is 106 Å². The molecule has 1 aromatic rings. The number of nitrogens with two attached hydrogens (primary N) is 1. The van der Waals surface area contributed by atoms with Crippen LogP contribution in [0.4, 0.5) is 5.13 Å². The Hall–Kier alpha value is -0.650. The molecule has 1 amide bonds. The summed E-state index contributed by atoms with van der Waals surface area (Å²) < 4.78 is 0. The van der Waals surface area contributed by atoms with Gasteiger partial charge in [-0.2, -0.15) is 0 Å². The SMILES string of the molecule is Cc1csc(NC(=O)[C@@H](N)C(C)(C)C)n1.Cl. The fourth-order valence-corrected chi connectivity index (χ4v) is 1.68. The highest BCUT2D eigenvalue weighted by Crippen LogP contribution is 2.20. The van der Waals surface area contributed by atoms with Crippen molar-refractivity contribution in [2.24, 2.45) is 11.1 Å². The molecule has 6 heteroatoms. The van der Waals surface area contributed by atoms with E-state index in [1.165, 1.54) is 11.3 Å². The van der Waals surface area contributed by atoms with Crippen molar-refractivity contribution < 1.29 is 4.79 Å². The van der Waals surface area contributed by atoms with Gasteiger partial charge in [0.05, 0.1) is 11.7 Å². The van der Waals surface area contributed by atoms with E-state index in [2.05, 4.69) is 10.3 Å². The zero-order valence-electron chi connectivity index (χ0n) is 9.90. The summed E-state index contributed by atoms with van der Waals surface area (Å²) in [6, 6.07) is -0.526. The summed E-state index contributed by atoms with van der Waals surface area (Å²) in [5.41, 5.74) is 6.48. The number of aromatic nitrogens is 1. The topological polar surface area (TPSA) is 68.0 Å². The maximum absolute atomic E-state index is 11.7. The van der Waals surface area contributed by atoms with E-state index in [9.17, 15) is 4.79 Å². The van der Waals surface area contributed by atoms with Crippen molar-refractivity contribution in [1.82, 2.24) is 4.98 Å². The minimum atomic E-state index is -0.526. The van der Waals surface area contributed by atoms with E-state index in [4.69, 9.17) is 5.73 Å². The number of aryl methyl sites for hydroxylation is 1. The molecule has 0 unspecified atom stereocenters. The lowest BCUT2D eigenvalue weighted by atomic mass is 9.87. The summed E-state index contributed by atoms with van der Waals surface area (Å²) in [5, 5.41) is 5.21. The average Bonchev–Trinajstić information content (AvgIpc) is 2.48. The first-order valence-corrected chi connectivity index (χ1v) is 5.67. The van der Waals surface area contributed by atoms with E-state index in [1.54, 1.807) is 0 Å². The molecule has 0 spiro atoms. The fraction of sp³-hybridized carbons (Fsp3) is 0.600. The van der Waals surface area contributed by atoms with E-state index in [0.717, 1.165) is 5.69 Å². The molecule has 1 atom stereocenters. The van der Waals surface area contributed by atoms with Crippen molar-refractivity contribution in [2.45, 2.75) is 33.7 Å². The van der Waals surface area contributed by atoms with Gasteiger partial charge in [-0.15, -0.1) is 23.7 Å². The number of halogens is 1. The molecule has 0 saturated heterocycles. The van der Waals surface area contributed by atoms with Crippen LogP contribution in [0.25, 0.3) is 0 Å². The van der Waals surface area contributed by atoms with E-state index in [1.807, 2.05) is 33.1 Å². The summed E-state index contributed by atoms with van der Waals surface area (Å²) in [6.45, 7) is 7.69. The maximum atomic E-state index is 11.7. The Morgan fingerprint density at radius 3 is 2.50 bits per heavy atom. The van der Waals surface area contributed by atoms with E-state index in [-0.39, 0.29) is 23.7 Å². The van der Waals surface area contributed by atoms with Crippen LogP contribution in [0.2, 0.25) is 0 Å². The normalized spacial score (nSPS) is 12.8. The number of hydrogen-bond acceptors (Lipinski definition) is 4. The van der Waals surface area contributed by atoms with Crippen LogP contribution in [0.15, 0.2) is 5.38 Å². The van der Waals surface area contributed by atoms with E-state index >= 15 is 0 Å². The molecule has 0 bridgehead atoms. The lowest BCUT2D eigenvalue weighted by Gasteiger charge is -2.25. The third kappa shape index (κ3) is 4.08. The molecule has 0 aromatic carbocycles. The summed E-state index contributed by atoms with van der Waals surface area (Å²) in [4.78, 5) is 15.8. The van der Waals surface area contributed by atoms with Crippen molar-refractivity contribution in [3.63, 3.8) is 0 Å². The van der Waals surface area contributed by atoms with Gasteiger partial charge in [0.25, 0.3) is 0 Å². The van der Waals surface area contributed by atoms with Gasteiger partial charge in [-0.3, -0.25) is 4.79 Å². The van der Waals surface area contributed by atoms with E-state index in [0.29, 0.717) is 5.13 Å². The van der Waals surface area contributed by atoms with Crippen LogP contribution in [0.3, 0.4) is 0 Å². The Balaban J connectivity index is 0.00000225. The molecular weight excluding hydrogens is 246 g/mol. The molecule has 0 aliphatic rings. The molecule has 0 saturated carbocycles. The first-order valence-electron chi connectivity index (χ1n) is 4.79. The molecule has 1 rings (SSSR count). The third-order valence-corrected chi connectivity index (χ3v) is 2.94. The molecule has 16 heavy (non-hydrogen) atoms. The van der Waals surface area contributed by atoms with Gasteiger partial charge in [0.2, 0.25) is 5.91 Å². The second kappa shape index (κ2) is 5.61. The summed E-state index contributed by atoms with van der Waals surface area (Å²) >= 11 is 1.41. The maximum Gasteiger partial charge on any atom is 0.243 e. The monoisotopic (exact) mass is 263 g/mol. The Bertz CT molecular complexity index is 359. The largest absolute Gasteiger partial charge is 0.319 e. The van der Waals surface area contributed by atoms with Crippen LogP contribution in [0, 0.1) is 12.3 Å². The number of carbonyl (C=O) groups excluding carboxylic acids is 1. The van der Waals surface area contributed by atoms with Crippen molar-refractivity contribution in [3.8, 4) is 0 Å². The van der Waals surface area contributed by atoms with Gasteiger partial charge < -0.3 is 11.1 Å². The van der Waals surface area contributed by atoms with Crippen LogP contribution in [0.5, 0.6) is 0 Å². The third-order valence-electron chi connectivity index (χ3n) is 2.06. The summed E-state index contributed by atoms with van der Waals surface area (Å²) in [5.74, 6) is -0.183. The number of hydrogen-bond donors (Lipinski definition) is 2. The van der Waals surface area contributed by atoms with Gasteiger partial charge in [-0.25, -0.2) is 4.98 Å². The molecule has 1 heterocycles. The smallest absolute Gasteiger partial charge is 0.243 e. The molecule has 4 nitrogen and oxygen atoms in total. The minimum absolute atomic E-state index is 0. The second-order valence-electron chi connectivity index (χ2n) is 4.63. The molecule has 0 radical (unpaired) electrons. The molecule has 0 aliphatic carbocycles. The minimum Gasteiger partial charge on any atom is -0.319 e. The number of amides is 1. The Morgan fingerprint density at radius 1 is 1.56 bits per heavy atom. The lowest BCUT2D eigenvalue weighted by Crippen LogP contribution is -2.45. The molecule has 0 fully saturated rings. The number of carbonyl (C=O) groups is 1. The number of nitrogens with zero attached hydrogens (tertiary/aromatic N) is 1. The van der Waals surface area contributed by atoms with Crippen LogP contribution in [-0.2, 0) is 4.79 Å². The number of nitrogens with one attached hydrogen (secondary N) is 1. The first-order chi connectivity index (χ1) is 6.80. The standard InChI is InChI=1S/C10H17N3OS.ClH/c1-6-5-15-9(12-6)13-8(14)7(11)10(2,3)4;/h5,7H,11H2,1-4H3,(H,12,13,14);1H/t7-;/m1./s1. The molecular formula is C10H18ClN3OS. The van der Waals surface area contributed by atoms with Gasteiger partial charge in [-0.1, -0.05) is 20.8 Å². The van der Waals surface area contributed by atoms with Gasteiger partial charge in [0.1, 0.15) is 0 Å². The molecule has 3 N–H and O–H groups in total. The number of rotatable bonds is 2. The highest BCUT2D eigenvalue weighted by atomic mass is 35.5. The van der Waals surface area contributed by atoms with Crippen molar-refractivity contribution in [3.05, 3.63) is 11.1 Å². The highest BCUT2D eigenvalue weighted by Gasteiger charge is 2.27. The van der Waals surface area contributed by atoms with Crippen LogP contribution >= 0.6 is 23.7 Å². The molecule has 92 valence electrons. The summed E-state index contributed by atoms with van der Waals surface area (Å²) in [6.07, 6.45) is 0. The number of anilines is 1. The van der Waals surface area contributed by atoms with Gasteiger partial charge in [0, 0.05) is 5.38 Å². The Morgan fingerprint density at radius 2 is 2.12 bits per heavy atom. The average molecular weight is 264 g/mol. The lowest BCUT2D eigenvalue weighted by molar-refractivity contribution is -0.119.